The molecule has 0 bridgehead atoms. The Bertz CT molecular complexity index is 784. The van der Waals surface area contributed by atoms with Crippen LogP contribution in [0.4, 0.5) is 5.69 Å². The minimum Gasteiger partial charge on any atom is -0.347 e. The van der Waals surface area contributed by atoms with Gasteiger partial charge in [-0.15, -0.1) is 0 Å². The average Bonchev–Trinajstić information content (AvgIpc) is 2.59. The normalized spacial score (nSPS) is 10.9. The maximum Gasteiger partial charge on any atom is 0.243 e. The first-order valence-corrected chi connectivity index (χ1v) is 9.52. The maximum atomic E-state index is 12.4. The van der Waals surface area contributed by atoms with E-state index in [2.05, 4.69) is 38.3 Å². The van der Waals surface area contributed by atoms with Crippen LogP contribution in [0.1, 0.15) is 61.8 Å². The minimum absolute atomic E-state index is 0.0331. The zero-order valence-electron chi connectivity index (χ0n) is 16.9. The van der Waals surface area contributed by atoms with E-state index in [0.717, 1.165) is 27.9 Å². The first-order valence-electron chi connectivity index (χ1n) is 9.52. The fraction of sp³-hybridized carbons (Fsp3) is 0.391. The molecule has 144 valence electrons. The number of nitrogens with one attached hydrogen (secondary N) is 2. The second kappa shape index (κ2) is 9.36. The highest BCUT2D eigenvalue weighted by Gasteiger charge is 2.16. The molecule has 2 aromatic rings. The Labute approximate surface area is 162 Å². The van der Waals surface area contributed by atoms with Crippen molar-refractivity contribution in [3.63, 3.8) is 0 Å². The second-order valence-corrected chi connectivity index (χ2v) is 7.61. The van der Waals surface area contributed by atoms with Crippen molar-refractivity contribution < 1.29 is 9.59 Å². The van der Waals surface area contributed by atoms with Crippen molar-refractivity contribution in [1.82, 2.24) is 5.32 Å². The van der Waals surface area contributed by atoms with Gasteiger partial charge in [-0.3, -0.25) is 9.59 Å². The molecule has 0 aliphatic heterocycles. The van der Waals surface area contributed by atoms with Crippen molar-refractivity contribution in [2.24, 2.45) is 0 Å². The lowest BCUT2D eigenvalue weighted by atomic mass is 9.92. The smallest absolute Gasteiger partial charge is 0.243 e. The Morgan fingerprint density at radius 2 is 1.48 bits per heavy atom. The van der Waals surface area contributed by atoms with Gasteiger partial charge in [0.1, 0.15) is 0 Å². The molecule has 0 heterocycles. The molecule has 2 aromatic carbocycles. The number of carbonyl (C=O) groups is 2. The Morgan fingerprint density at radius 1 is 0.889 bits per heavy atom. The zero-order chi connectivity index (χ0) is 20.0. The van der Waals surface area contributed by atoms with E-state index in [1.165, 1.54) is 0 Å². The summed E-state index contributed by atoms with van der Waals surface area (Å²) >= 11 is 0. The van der Waals surface area contributed by atoms with Crippen molar-refractivity contribution in [3.05, 3.63) is 64.7 Å². The lowest BCUT2D eigenvalue weighted by Crippen LogP contribution is -2.34. The van der Waals surface area contributed by atoms with Crippen molar-refractivity contribution in [3.8, 4) is 0 Å². The van der Waals surface area contributed by atoms with Gasteiger partial charge >= 0.3 is 0 Å². The van der Waals surface area contributed by atoms with E-state index in [1.54, 1.807) is 0 Å². The molecule has 2 rings (SSSR count). The monoisotopic (exact) mass is 366 g/mol. The largest absolute Gasteiger partial charge is 0.347 e. The number of amides is 2. The average molecular weight is 367 g/mol. The third-order valence-corrected chi connectivity index (χ3v) is 4.53. The summed E-state index contributed by atoms with van der Waals surface area (Å²) in [5.74, 6) is 0.240. The molecular weight excluding hydrogens is 336 g/mol. The van der Waals surface area contributed by atoms with Crippen LogP contribution in [0.3, 0.4) is 0 Å². The summed E-state index contributed by atoms with van der Waals surface area (Å²) in [6.45, 7) is 10.4. The molecule has 0 saturated carbocycles. The van der Waals surface area contributed by atoms with Crippen molar-refractivity contribution >= 4 is 17.5 Å². The highest BCUT2D eigenvalue weighted by molar-refractivity contribution is 5.96. The van der Waals surface area contributed by atoms with Gasteiger partial charge in [0.05, 0.1) is 13.0 Å². The van der Waals surface area contributed by atoms with E-state index in [0.29, 0.717) is 11.8 Å². The lowest BCUT2D eigenvalue weighted by Gasteiger charge is -2.20. The second-order valence-electron chi connectivity index (χ2n) is 7.61. The number of benzene rings is 2. The minimum atomic E-state index is -0.206. The molecule has 2 amide bonds. The predicted octanol–water partition coefficient (Wildman–Crippen LogP) is 4.54. The Balaban J connectivity index is 2.00. The summed E-state index contributed by atoms with van der Waals surface area (Å²) in [5, 5.41) is 5.73. The fourth-order valence-electron chi connectivity index (χ4n) is 3.13. The summed E-state index contributed by atoms with van der Waals surface area (Å²) in [6, 6.07) is 13.9. The van der Waals surface area contributed by atoms with Gasteiger partial charge in [-0.05, 0) is 35.4 Å². The van der Waals surface area contributed by atoms with E-state index < -0.39 is 0 Å². The summed E-state index contributed by atoms with van der Waals surface area (Å²) in [7, 11) is 0. The molecule has 0 aliphatic rings. The van der Waals surface area contributed by atoms with Crippen LogP contribution in [0.2, 0.25) is 0 Å². The molecule has 0 radical (unpaired) electrons. The maximum absolute atomic E-state index is 12.4. The first kappa shape index (κ1) is 20.7. The van der Waals surface area contributed by atoms with Gasteiger partial charge in [0, 0.05) is 5.69 Å². The van der Waals surface area contributed by atoms with Crippen molar-refractivity contribution in [2.45, 2.75) is 52.9 Å². The van der Waals surface area contributed by atoms with Gasteiger partial charge in [-0.25, -0.2) is 0 Å². The molecule has 0 saturated heterocycles. The standard InChI is InChI=1S/C23H30N2O2/c1-15(2)19-10-7-11-20(16(3)4)23(19)25-22(27)14-24-21(26)13-18-9-6-8-17(5)12-18/h6-12,15-16H,13-14H2,1-5H3,(H,24,26)(H,25,27). The SMILES string of the molecule is Cc1cccc(CC(=O)NCC(=O)Nc2c(C(C)C)cccc2C(C)C)c1. The Hall–Kier alpha value is -2.62. The molecule has 0 unspecified atom stereocenters. The number of rotatable bonds is 7. The van der Waals surface area contributed by atoms with E-state index in [1.807, 2.05) is 49.4 Å². The van der Waals surface area contributed by atoms with Gasteiger partial charge in [-0.2, -0.15) is 0 Å². The summed E-state index contributed by atoms with van der Waals surface area (Å²) < 4.78 is 0. The predicted molar refractivity (Wildman–Crippen MR) is 111 cm³/mol. The van der Waals surface area contributed by atoms with Crippen molar-refractivity contribution in [1.29, 1.82) is 0 Å². The number of hydrogen-bond acceptors (Lipinski definition) is 2. The fourth-order valence-corrected chi connectivity index (χ4v) is 3.13. The molecule has 0 atom stereocenters. The molecule has 0 aromatic heterocycles. The van der Waals surface area contributed by atoms with E-state index in [4.69, 9.17) is 0 Å². The lowest BCUT2D eigenvalue weighted by molar-refractivity contribution is -0.123. The van der Waals surface area contributed by atoms with Gasteiger partial charge in [0.15, 0.2) is 0 Å². The Kier molecular flexibility index (Phi) is 7.17. The number of hydrogen-bond donors (Lipinski definition) is 2. The van der Waals surface area contributed by atoms with Crippen LogP contribution in [0.5, 0.6) is 0 Å². The molecule has 4 nitrogen and oxygen atoms in total. The molecule has 0 spiro atoms. The third kappa shape index (κ3) is 5.95. The number of carbonyl (C=O) groups excluding carboxylic acids is 2. The number of anilines is 1. The summed E-state index contributed by atoms with van der Waals surface area (Å²) in [6.07, 6.45) is 0.273. The van der Waals surface area contributed by atoms with Crippen LogP contribution < -0.4 is 10.6 Å². The van der Waals surface area contributed by atoms with Crippen LogP contribution in [0, 0.1) is 6.92 Å². The topological polar surface area (TPSA) is 58.2 Å². The number of aryl methyl sites for hydroxylation is 1. The van der Waals surface area contributed by atoms with E-state index in [9.17, 15) is 9.59 Å². The Morgan fingerprint density at radius 3 is 2.04 bits per heavy atom. The van der Waals surface area contributed by atoms with E-state index >= 15 is 0 Å². The molecule has 4 heteroatoms. The third-order valence-electron chi connectivity index (χ3n) is 4.53. The van der Waals surface area contributed by atoms with Gasteiger partial charge in [0.2, 0.25) is 11.8 Å². The summed E-state index contributed by atoms with van der Waals surface area (Å²) in [5.41, 5.74) is 5.16. The molecule has 0 aliphatic carbocycles. The van der Waals surface area contributed by atoms with Gasteiger partial charge < -0.3 is 10.6 Å². The van der Waals surface area contributed by atoms with Crippen LogP contribution in [-0.2, 0) is 16.0 Å². The van der Waals surface area contributed by atoms with Gasteiger partial charge in [-0.1, -0.05) is 75.7 Å². The molecule has 2 N–H and O–H groups in total. The highest BCUT2D eigenvalue weighted by Crippen LogP contribution is 2.32. The van der Waals surface area contributed by atoms with Crippen molar-refractivity contribution in [2.75, 3.05) is 11.9 Å². The van der Waals surface area contributed by atoms with Crippen LogP contribution in [0.25, 0.3) is 0 Å². The van der Waals surface area contributed by atoms with E-state index in [-0.39, 0.29) is 24.8 Å². The van der Waals surface area contributed by atoms with Crippen LogP contribution in [-0.4, -0.2) is 18.4 Å². The first-order chi connectivity index (χ1) is 12.8. The molecule has 0 fully saturated rings. The molecular formula is C23H30N2O2. The van der Waals surface area contributed by atoms with Crippen LogP contribution in [0.15, 0.2) is 42.5 Å². The van der Waals surface area contributed by atoms with Crippen LogP contribution >= 0.6 is 0 Å². The van der Waals surface area contributed by atoms with Gasteiger partial charge in [0.25, 0.3) is 0 Å². The zero-order valence-corrected chi connectivity index (χ0v) is 16.9. The quantitative estimate of drug-likeness (QED) is 0.756. The summed E-state index contributed by atoms with van der Waals surface area (Å²) in [4.78, 5) is 24.6. The molecule has 27 heavy (non-hydrogen) atoms. The highest BCUT2D eigenvalue weighted by atomic mass is 16.2. The number of para-hydroxylation sites is 1.